The van der Waals surface area contributed by atoms with Crippen LogP contribution in [0.3, 0.4) is 0 Å². The molecular weight excluding hydrogens is 357 g/mol. The van der Waals surface area contributed by atoms with Crippen LogP contribution in [0.5, 0.6) is 0 Å². The molecule has 0 aliphatic rings. The lowest BCUT2D eigenvalue weighted by Gasteiger charge is -2.09. The number of aromatic nitrogens is 1. The molecule has 0 aliphatic heterocycles. The van der Waals surface area contributed by atoms with Crippen molar-refractivity contribution in [1.82, 2.24) is 4.98 Å². The summed E-state index contributed by atoms with van der Waals surface area (Å²) in [5, 5.41) is 14.1. The largest absolute Gasteiger partial charge is 0.340 e. The molecule has 1 aromatic heterocycles. The smallest absolute Gasteiger partial charge is 0.258 e. The summed E-state index contributed by atoms with van der Waals surface area (Å²) in [7, 11) is 0. The Morgan fingerprint density at radius 2 is 1.63 bits per heavy atom. The van der Waals surface area contributed by atoms with Gasteiger partial charge in [0.05, 0.1) is 29.1 Å². The SMILES string of the molecule is N#Cc1ccc(Nc2ccc(NC(=O)c3ccc(F)c(F)c3F)cn2)cc1. The van der Waals surface area contributed by atoms with E-state index in [1.165, 1.54) is 12.3 Å². The average molecular weight is 368 g/mol. The van der Waals surface area contributed by atoms with Crippen LogP contribution < -0.4 is 10.6 Å². The van der Waals surface area contributed by atoms with Crippen LogP contribution in [0.4, 0.5) is 30.4 Å². The molecule has 0 fully saturated rings. The van der Waals surface area contributed by atoms with Gasteiger partial charge in [-0.25, -0.2) is 18.2 Å². The molecule has 27 heavy (non-hydrogen) atoms. The average Bonchev–Trinajstić information content (AvgIpc) is 2.68. The molecule has 1 amide bonds. The minimum Gasteiger partial charge on any atom is -0.340 e. The van der Waals surface area contributed by atoms with Crippen LogP contribution in [0.25, 0.3) is 0 Å². The van der Waals surface area contributed by atoms with Crippen LogP contribution >= 0.6 is 0 Å². The van der Waals surface area contributed by atoms with Crippen molar-refractivity contribution < 1.29 is 18.0 Å². The van der Waals surface area contributed by atoms with Crippen LogP contribution in [-0.4, -0.2) is 10.9 Å². The number of anilines is 3. The third-order valence-electron chi connectivity index (χ3n) is 3.59. The fraction of sp³-hybridized carbons (Fsp3) is 0. The van der Waals surface area contributed by atoms with Gasteiger partial charge in [0.15, 0.2) is 17.5 Å². The number of nitriles is 1. The van der Waals surface area contributed by atoms with E-state index in [2.05, 4.69) is 15.6 Å². The van der Waals surface area contributed by atoms with Gasteiger partial charge in [-0.1, -0.05) is 0 Å². The Labute approximate surface area is 152 Å². The summed E-state index contributed by atoms with van der Waals surface area (Å²) in [5.74, 6) is -5.09. The standard InChI is InChI=1S/C19H11F3N4O/c20-15-7-6-14(17(21)18(15)22)19(27)26-13-5-8-16(24-10-13)25-12-3-1-11(9-23)2-4-12/h1-8,10H,(H,24,25)(H,26,27). The van der Waals surface area contributed by atoms with Crippen LogP contribution in [0.1, 0.15) is 15.9 Å². The molecule has 0 spiro atoms. The number of carbonyl (C=O) groups is 1. The highest BCUT2D eigenvalue weighted by molar-refractivity contribution is 6.04. The van der Waals surface area contributed by atoms with E-state index < -0.39 is 28.9 Å². The lowest BCUT2D eigenvalue weighted by Crippen LogP contribution is -2.15. The molecule has 0 bridgehead atoms. The third-order valence-corrected chi connectivity index (χ3v) is 3.59. The van der Waals surface area contributed by atoms with Crippen LogP contribution in [-0.2, 0) is 0 Å². The number of nitrogens with zero attached hydrogens (tertiary/aromatic N) is 2. The maximum Gasteiger partial charge on any atom is 0.258 e. The number of amides is 1. The molecule has 0 atom stereocenters. The fourth-order valence-corrected chi connectivity index (χ4v) is 2.22. The lowest BCUT2D eigenvalue weighted by atomic mass is 10.2. The first-order valence-electron chi connectivity index (χ1n) is 7.66. The van der Waals surface area contributed by atoms with Crippen molar-refractivity contribution in [2.75, 3.05) is 10.6 Å². The molecular formula is C19H11F3N4O. The van der Waals surface area contributed by atoms with Crippen molar-refractivity contribution in [2.24, 2.45) is 0 Å². The minimum atomic E-state index is -1.71. The van der Waals surface area contributed by atoms with Gasteiger partial charge < -0.3 is 10.6 Å². The molecule has 0 saturated heterocycles. The molecule has 5 nitrogen and oxygen atoms in total. The van der Waals surface area contributed by atoms with Crippen molar-refractivity contribution >= 4 is 23.1 Å². The first-order valence-corrected chi connectivity index (χ1v) is 7.66. The lowest BCUT2D eigenvalue weighted by molar-refractivity contribution is 0.102. The van der Waals surface area contributed by atoms with Crippen molar-refractivity contribution in [1.29, 1.82) is 5.26 Å². The predicted molar refractivity (Wildman–Crippen MR) is 92.9 cm³/mol. The van der Waals surface area contributed by atoms with Gasteiger partial charge >= 0.3 is 0 Å². The molecule has 0 unspecified atom stereocenters. The number of pyridine rings is 1. The summed E-state index contributed by atoms with van der Waals surface area (Å²) in [6.45, 7) is 0. The number of nitrogens with one attached hydrogen (secondary N) is 2. The maximum absolute atomic E-state index is 13.7. The zero-order valence-electron chi connectivity index (χ0n) is 13.6. The quantitative estimate of drug-likeness (QED) is 0.671. The number of hydrogen-bond acceptors (Lipinski definition) is 4. The van der Waals surface area contributed by atoms with Gasteiger partial charge in [-0.05, 0) is 48.5 Å². The Kier molecular flexibility index (Phi) is 5.04. The van der Waals surface area contributed by atoms with Gasteiger partial charge in [0.25, 0.3) is 5.91 Å². The zero-order chi connectivity index (χ0) is 19.4. The van der Waals surface area contributed by atoms with E-state index in [0.29, 0.717) is 23.1 Å². The molecule has 3 rings (SSSR count). The van der Waals surface area contributed by atoms with E-state index >= 15 is 0 Å². The van der Waals surface area contributed by atoms with Gasteiger partial charge in [0.2, 0.25) is 0 Å². The first-order chi connectivity index (χ1) is 13.0. The van der Waals surface area contributed by atoms with Crippen molar-refractivity contribution in [3.63, 3.8) is 0 Å². The summed E-state index contributed by atoms with van der Waals surface area (Å²) in [6.07, 6.45) is 1.32. The minimum absolute atomic E-state index is 0.245. The summed E-state index contributed by atoms with van der Waals surface area (Å²) in [6, 6.07) is 13.3. The number of halogens is 3. The molecule has 3 aromatic rings. The van der Waals surface area contributed by atoms with Crippen molar-refractivity contribution in [3.8, 4) is 6.07 Å². The highest BCUT2D eigenvalue weighted by atomic mass is 19.2. The molecule has 0 aliphatic carbocycles. The first kappa shape index (κ1) is 17.9. The van der Waals surface area contributed by atoms with E-state index in [9.17, 15) is 18.0 Å². The molecule has 1 heterocycles. The zero-order valence-corrected chi connectivity index (χ0v) is 13.6. The molecule has 2 aromatic carbocycles. The van der Waals surface area contributed by atoms with E-state index in [0.717, 1.165) is 6.07 Å². The highest BCUT2D eigenvalue weighted by Crippen LogP contribution is 2.19. The Morgan fingerprint density at radius 3 is 2.26 bits per heavy atom. The van der Waals surface area contributed by atoms with Crippen molar-refractivity contribution in [2.45, 2.75) is 0 Å². The van der Waals surface area contributed by atoms with E-state index in [1.54, 1.807) is 30.3 Å². The maximum atomic E-state index is 13.7. The van der Waals surface area contributed by atoms with E-state index in [4.69, 9.17) is 5.26 Å². The second-order valence-electron chi connectivity index (χ2n) is 5.42. The number of rotatable bonds is 4. The Morgan fingerprint density at radius 1 is 0.926 bits per heavy atom. The Balaban J connectivity index is 1.69. The van der Waals surface area contributed by atoms with Gasteiger partial charge in [-0.15, -0.1) is 0 Å². The molecule has 0 saturated carbocycles. The summed E-state index contributed by atoms with van der Waals surface area (Å²) in [5.41, 5.74) is 0.862. The van der Waals surface area contributed by atoms with E-state index in [-0.39, 0.29) is 5.69 Å². The third kappa shape index (κ3) is 4.04. The second-order valence-corrected chi connectivity index (χ2v) is 5.42. The van der Waals surface area contributed by atoms with Gasteiger partial charge in [0, 0.05) is 5.69 Å². The highest BCUT2D eigenvalue weighted by Gasteiger charge is 2.18. The van der Waals surface area contributed by atoms with Crippen molar-refractivity contribution in [3.05, 3.63) is 83.3 Å². The van der Waals surface area contributed by atoms with Gasteiger partial charge in [0.1, 0.15) is 5.82 Å². The molecule has 2 N–H and O–H groups in total. The van der Waals surface area contributed by atoms with E-state index in [1.807, 2.05) is 6.07 Å². The normalized spacial score (nSPS) is 10.1. The molecule has 0 radical (unpaired) electrons. The summed E-state index contributed by atoms with van der Waals surface area (Å²) in [4.78, 5) is 16.1. The summed E-state index contributed by atoms with van der Waals surface area (Å²) >= 11 is 0. The number of carbonyl (C=O) groups excluding carboxylic acids is 1. The second kappa shape index (κ2) is 7.58. The number of benzene rings is 2. The van der Waals surface area contributed by atoms with Crippen LogP contribution in [0, 0.1) is 28.8 Å². The van der Waals surface area contributed by atoms with Gasteiger partial charge in [-0.3, -0.25) is 4.79 Å². The van der Waals surface area contributed by atoms with Crippen LogP contribution in [0.2, 0.25) is 0 Å². The molecule has 134 valence electrons. The summed E-state index contributed by atoms with van der Waals surface area (Å²) < 4.78 is 39.8. The Hall–Kier alpha value is -3.86. The monoisotopic (exact) mass is 368 g/mol. The Bertz CT molecular complexity index is 1030. The fourth-order valence-electron chi connectivity index (χ4n) is 2.22. The topological polar surface area (TPSA) is 77.8 Å². The van der Waals surface area contributed by atoms with Gasteiger partial charge in [-0.2, -0.15) is 5.26 Å². The number of hydrogen-bond donors (Lipinski definition) is 2. The van der Waals surface area contributed by atoms with Crippen LogP contribution in [0.15, 0.2) is 54.7 Å². The predicted octanol–water partition coefficient (Wildman–Crippen LogP) is 4.37. The molecule has 8 heteroatoms.